The zero-order valence-electron chi connectivity index (χ0n) is 12.2. The maximum atomic E-state index is 10.5. The highest BCUT2D eigenvalue weighted by atomic mass is 79.9. The van der Waals surface area contributed by atoms with Crippen LogP contribution in [0.5, 0.6) is 0 Å². The van der Waals surface area contributed by atoms with Gasteiger partial charge in [0.05, 0.1) is 35.9 Å². The Morgan fingerprint density at radius 2 is 1.91 bits per heavy atom. The number of aliphatic hydroxyl groups excluding tert-OH is 2. The molecule has 0 saturated carbocycles. The summed E-state index contributed by atoms with van der Waals surface area (Å²) < 4.78 is 12.0. The molecule has 0 aliphatic carbocycles. The number of alkyl halides is 2. The Hall–Kier alpha value is 0.610. The van der Waals surface area contributed by atoms with Gasteiger partial charge in [0.2, 0.25) is 0 Å². The van der Waals surface area contributed by atoms with Crippen LogP contribution in [0.2, 0.25) is 0 Å². The van der Waals surface area contributed by atoms with E-state index < -0.39 is 18.3 Å². The molecule has 7 heteroatoms. The summed E-state index contributed by atoms with van der Waals surface area (Å²) in [6.07, 6.45) is 0.624. The second-order valence-corrected chi connectivity index (χ2v) is 8.03. The lowest BCUT2D eigenvalue weighted by atomic mass is 9.93. The second-order valence-electron chi connectivity index (χ2n) is 5.83. The Labute approximate surface area is 152 Å². The van der Waals surface area contributed by atoms with Crippen LogP contribution in [-0.4, -0.2) is 57.0 Å². The van der Waals surface area contributed by atoms with Gasteiger partial charge >= 0.3 is 0 Å². The first-order chi connectivity index (χ1) is 10.4. The third-order valence-electron chi connectivity index (χ3n) is 4.16. The van der Waals surface area contributed by atoms with Gasteiger partial charge in [0.1, 0.15) is 6.10 Å². The molecule has 0 radical (unpaired) electrons. The van der Waals surface area contributed by atoms with E-state index in [1.807, 2.05) is 6.92 Å². The number of rotatable bonds is 1. The zero-order valence-corrected chi connectivity index (χ0v) is 16.2. The lowest BCUT2D eigenvalue weighted by molar-refractivity contribution is -0.175. The first-order valence-corrected chi connectivity index (χ1v) is 9.65. The average molecular weight is 461 g/mol. The van der Waals surface area contributed by atoms with Gasteiger partial charge in [0.25, 0.3) is 0 Å². The SMILES string of the molecule is C[C@H]1O[C@H](C=C=CBr)C[C@@H]2O[C@@H](C[C@@H](Br)[C@@H](O)C[C@@H]2Cl)[C@@H]1O. The fraction of sp³-hybridized carbons (Fsp3) is 0.800. The van der Waals surface area contributed by atoms with Crippen LogP contribution in [0.25, 0.3) is 0 Å². The van der Waals surface area contributed by atoms with Gasteiger partial charge in [-0.2, -0.15) is 0 Å². The number of hydrogen-bond donors (Lipinski definition) is 2. The van der Waals surface area contributed by atoms with Crippen LogP contribution in [-0.2, 0) is 9.47 Å². The Bertz CT molecular complexity index is 430. The molecule has 0 spiro atoms. The van der Waals surface area contributed by atoms with E-state index in [1.54, 1.807) is 11.1 Å². The third kappa shape index (κ3) is 4.81. The van der Waals surface area contributed by atoms with Gasteiger partial charge in [-0.3, -0.25) is 0 Å². The van der Waals surface area contributed by atoms with Crippen molar-refractivity contribution >= 4 is 43.5 Å². The van der Waals surface area contributed by atoms with E-state index in [9.17, 15) is 10.2 Å². The molecule has 2 fully saturated rings. The molecule has 0 aromatic carbocycles. The number of fused-ring (bicyclic) bond motifs is 2. The van der Waals surface area contributed by atoms with Crippen molar-refractivity contribution in [1.82, 2.24) is 0 Å². The first-order valence-electron chi connectivity index (χ1n) is 7.38. The first kappa shape index (κ1) is 18.9. The molecule has 2 aliphatic rings. The quantitative estimate of drug-likeness (QED) is 0.467. The minimum Gasteiger partial charge on any atom is -0.392 e. The van der Waals surface area contributed by atoms with Gasteiger partial charge in [0, 0.05) is 16.2 Å². The van der Waals surface area contributed by atoms with Crippen molar-refractivity contribution in [2.45, 2.75) is 73.0 Å². The van der Waals surface area contributed by atoms with Crippen molar-refractivity contribution in [3.8, 4) is 0 Å². The van der Waals surface area contributed by atoms with Crippen LogP contribution in [0.4, 0.5) is 0 Å². The fourth-order valence-electron chi connectivity index (χ4n) is 2.89. The van der Waals surface area contributed by atoms with Crippen molar-refractivity contribution in [3.05, 3.63) is 16.8 Å². The summed E-state index contributed by atoms with van der Waals surface area (Å²) in [4.78, 5) is 1.46. The molecule has 0 aromatic heterocycles. The van der Waals surface area contributed by atoms with E-state index >= 15 is 0 Å². The van der Waals surface area contributed by atoms with Crippen LogP contribution in [0.1, 0.15) is 26.2 Å². The predicted octanol–water partition coefficient (Wildman–Crippen LogP) is 2.87. The molecular weight excluding hydrogens is 439 g/mol. The van der Waals surface area contributed by atoms with Gasteiger partial charge in [-0.15, -0.1) is 17.3 Å². The highest BCUT2D eigenvalue weighted by molar-refractivity contribution is 9.11. The molecule has 126 valence electrons. The minimum absolute atomic E-state index is 0.159. The van der Waals surface area contributed by atoms with E-state index in [4.69, 9.17) is 21.1 Å². The van der Waals surface area contributed by atoms with E-state index in [1.165, 1.54) is 0 Å². The highest BCUT2D eigenvalue weighted by Gasteiger charge is 2.41. The fourth-order valence-corrected chi connectivity index (χ4v) is 3.97. The largest absolute Gasteiger partial charge is 0.392 e. The zero-order chi connectivity index (χ0) is 16.3. The van der Waals surface area contributed by atoms with Crippen molar-refractivity contribution in [2.75, 3.05) is 0 Å². The predicted molar refractivity (Wildman–Crippen MR) is 92.8 cm³/mol. The molecule has 2 bridgehead atoms. The molecule has 2 heterocycles. The summed E-state index contributed by atoms with van der Waals surface area (Å²) >= 11 is 13.1. The summed E-state index contributed by atoms with van der Waals surface area (Å²) in [5.74, 6) is 0. The number of aliphatic hydroxyl groups is 2. The maximum absolute atomic E-state index is 10.5. The number of hydrogen-bond acceptors (Lipinski definition) is 4. The lowest BCUT2D eigenvalue weighted by Crippen LogP contribution is -2.51. The van der Waals surface area contributed by atoms with Gasteiger partial charge in [-0.05, 0) is 25.8 Å². The van der Waals surface area contributed by atoms with E-state index in [0.717, 1.165) is 0 Å². The molecule has 2 rings (SSSR count). The summed E-state index contributed by atoms with van der Waals surface area (Å²) in [6, 6.07) is 0. The molecule has 0 amide bonds. The van der Waals surface area contributed by atoms with Crippen LogP contribution in [0, 0.1) is 0 Å². The summed E-state index contributed by atoms with van der Waals surface area (Å²) in [5, 5.41) is 20.4. The standard InChI is InChI=1S/C15H21Br2ClO4/c1-8-15(20)14-6-10(17)12(19)7-11(18)13(22-14)5-9(21-8)3-2-4-16/h3-4,8-15,19-20H,5-7H2,1H3/t2?,8-,9-,10-,11+,12+,13+,14+,15-/m1/s1. The topological polar surface area (TPSA) is 58.9 Å². The van der Waals surface area contributed by atoms with Gasteiger partial charge in [0.15, 0.2) is 0 Å². The molecule has 2 saturated heterocycles. The van der Waals surface area contributed by atoms with Crippen LogP contribution < -0.4 is 0 Å². The summed E-state index contributed by atoms with van der Waals surface area (Å²) in [7, 11) is 0. The molecule has 2 N–H and O–H groups in total. The highest BCUT2D eigenvalue weighted by Crippen LogP contribution is 2.33. The lowest BCUT2D eigenvalue weighted by Gasteiger charge is -2.41. The Kier molecular flexibility index (Phi) is 7.43. The molecule has 0 unspecified atom stereocenters. The Morgan fingerprint density at radius 1 is 1.18 bits per heavy atom. The third-order valence-corrected chi connectivity index (χ3v) is 5.86. The number of halogens is 3. The monoisotopic (exact) mass is 458 g/mol. The van der Waals surface area contributed by atoms with Crippen molar-refractivity contribution in [1.29, 1.82) is 0 Å². The van der Waals surface area contributed by atoms with E-state index in [0.29, 0.717) is 19.3 Å². The number of ether oxygens (including phenoxy) is 2. The molecule has 4 nitrogen and oxygen atoms in total. The molecule has 22 heavy (non-hydrogen) atoms. The van der Waals surface area contributed by atoms with Crippen molar-refractivity contribution < 1.29 is 19.7 Å². The smallest absolute Gasteiger partial charge is 0.106 e. The van der Waals surface area contributed by atoms with Crippen LogP contribution in [0.15, 0.2) is 16.8 Å². The summed E-state index contributed by atoms with van der Waals surface area (Å²) in [5.41, 5.74) is 2.94. The molecule has 0 aromatic rings. The van der Waals surface area contributed by atoms with E-state index in [2.05, 4.69) is 37.6 Å². The Morgan fingerprint density at radius 3 is 2.59 bits per heavy atom. The second kappa shape index (κ2) is 8.63. The normalized spacial score (nSPS) is 46.5. The van der Waals surface area contributed by atoms with Crippen molar-refractivity contribution in [3.63, 3.8) is 0 Å². The average Bonchev–Trinajstić information content (AvgIpc) is 2.47. The van der Waals surface area contributed by atoms with Crippen LogP contribution in [0.3, 0.4) is 0 Å². The molecule has 8 atom stereocenters. The van der Waals surface area contributed by atoms with E-state index in [-0.39, 0.29) is 28.5 Å². The van der Waals surface area contributed by atoms with Gasteiger partial charge in [-0.1, -0.05) is 31.9 Å². The Balaban J connectivity index is 2.24. The molecule has 2 aliphatic heterocycles. The summed E-state index contributed by atoms with van der Waals surface area (Å²) in [6.45, 7) is 1.82. The van der Waals surface area contributed by atoms with Crippen molar-refractivity contribution in [2.24, 2.45) is 0 Å². The van der Waals surface area contributed by atoms with Crippen LogP contribution >= 0.6 is 43.5 Å². The minimum atomic E-state index is -0.777. The maximum Gasteiger partial charge on any atom is 0.106 e. The van der Waals surface area contributed by atoms with Gasteiger partial charge in [-0.25, -0.2) is 0 Å². The van der Waals surface area contributed by atoms with Gasteiger partial charge < -0.3 is 19.7 Å². The molecular formula is C15H21Br2ClO4.